The monoisotopic (exact) mass is 422 g/mol. The molecule has 3 aromatic rings. The van der Waals surface area contributed by atoms with Crippen molar-refractivity contribution < 1.29 is 13.9 Å². The Balaban J connectivity index is 1.85. The largest absolute Gasteiger partial charge is 0.461 e. The zero-order chi connectivity index (χ0) is 21.5. The Morgan fingerprint density at radius 3 is 2.43 bits per heavy atom. The summed E-state index contributed by atoms with van der Waals surface area (Å²) < 4.78 is 11.9. The van der Waals surface area contributed by atoms with Gasteiger partial charge in [-0.15, -0.1) is 0 Å². The standard InChI is InChI=1S/C26H27ClO3/c1-4-5-11-23-24(17-22(29-23)16-19-9-7-6-8-10-19)30-26(28)25(18(2)3)20-12-14-21(27)15-13-20/h4-10,12-15,17-18,25H,11,16H2,1-3H3. The Labute approximate surface area is 183 Å². The van der Waals surface area contributed by atoms with E-state index >= 15 is 0 Å². The predicted octanol–water partition coefficient (Wildman–Crippen LogP) is 6.99. The molecule has 0 aliphatic carbocycles. The topological polar surface area (TPSA) is 39.4 Å². The normalized spacial score (nSPS) is 12.4. The highest BCUT2D eigenvalue weighted by atomic mass is 35.5. The van der Waals surface area contributed by atoms with Crippen molar-refractivity contribution in [2.24, 2.45) is 5.92 Å². The number of ether oxygens (including phenoxy) is 1. The number of esters is 1. The molecule has 30 heavy (non-hydrogen) atoms. The highest BCUT2D eigenvalue weighted by Gasteiger charge is 2.28. The maximum absolute atomic E-state index is 13.1. The highest BCUT2D eigenvalue weighted by Crippen LogP contribution is 2.31. The van der Waals surface area contributed by atoms with Gasteiger partial charge in [-0.05, 0) is 36.1 Å². The SMILES string of the molecule is CC=CCc1oc(Cc2ccccc2)cc1OC(=O)C(c1ccc(Cl)cc1)C(C)C. The molecule has 156 valence electrons. The van der Waals surface area contributed by atoms with Gasteiger partial charge in [0.15, 0.2) is 11.5 Å². The van der Waals surface area contributed by atoms with E-state index in [1.807, 2.05) is 69.3 Å². The van der Waals surface area contributed by atoms with Crippen molar-refractivity contribution in [1.82, 2.24) is 0 Å². The van der Waals surface area contributed by atoms with Crippen molar-refractivity contribution in [1.29, 1.82) is 0 Å². The molecule has 3 rings (SSSR count). The quantitative estimate of drug-likeness (QED) is 0.290. The van der Waals surface area contributed by atoms with Crippen molar-refractivity contribution in [2.75, 3.05) is 0 Å². The summed E-state index contributed by atoms with van der Waals surface area (Å²) in [7, 11) is 0. The molecule has 1 aromatic heterocycles. The van der Waals surface area contributed by atoms with Crippen LogP contribution in [-0.2, 0) is 17.6 Å². The van der Waals surface area contributed by atoms with Gasteiger partial charge in [-0.1, -0.05) is 80.1 Å². The van der Waals surface area contributed by atoms with Gasteiger partial charge in [0.1, 0.15) is 5.76 Å². The van der Waals surface area contributed by atoms with Gasteiger partial charge < -0.3 is 9.15 Å². The van der Waals surface area contributed by atoms with E-state index in [1.165, 1.54) is 0 Å². The fraction of sp³-hybridized carbons (Fsp3) is 0.269. The number of rotatable bonds is 8. The van der Waals surface area contributed by atoms with Gasteiger partial charge in [-0.3, -0.25) is 4.79 Å². The number of hydrogen-bond donors (Lipinski definition) is 0. The highest BCUT2D eigenvalue weighted by molar-refractivity contribution is 6.30. The predicted molar refractivity (Wildman–Crippen MR) is 121 cm³/mol. The number of allylic oxidation sites excluding steroid dienone is 2. The summed E-state index contributed by atoms with van der Waals surface area (Å²) in [6.07, 6.45) is 5.16. The lowest BCUT2D eigenvalue weighted by molar-refractivity contribution is -0.137. The minimum atomic E-state index is -0.385. The number of carbonyl (C=O) groups is 1. The van der Waals surface area contributed by atoms with Crippen LogP contribution in [0.5, 0.6) is 5.75 Å². The average Bonchev–Trinajstić information content (AvgIpc) is 3.09. The summed E-state index contributed by atoms with van der Waals surface area (Å²) in [5.41, 5.74) is 2.03. The molecule has 0 spiro atoms. The second kappa shape index (κ2) is 10.3. The molecule has 0 saturated heterocycles. The van der Waals surface area contributed by atoms with E-state index in [-0.39, 0.29) is 17.8 Å². The Morgan fingerprint density at radius 2 is 1.80 bits per heavy atom. The molecule has 1 heterocycles. The van der Waals surface area contributed by atoms with Crippen LogP contribution in [0, 0.1) is 5.92 Å². The molecular weight excluding hydrogens is 396 g/mol. The zero-order valence-electron chi connectivity index (χ0n) is 17.6. The molecule has 1 atom stereocenters. The summed E-state index contributed by atoms with van der Waals surface area (Å²) in [6.45, 7) is 5.98. The van der Waals surface area contributed by atoms with Gasteiger partial charge in [0, 0.05) is 23.9 Å². The molecule has 0 aliphatic heterocycles. The Morgan fingerprint density at radius 1 is 1.10 bits per heavy atom. The Kier molecular flexibility index (Phi) is 7.53. The second-order valence-corrected chi connectivity index (χ2v) is 8.07. The van der Waals surface area contributed by atoms with Crippen LogP contribution < -0.4 is 4.74 Å². The molecule has 0 amide bonds. The summed E-state index contributed by atoms with van der Waals surface area (Å²) in [5, 5.41) is 0.642. The maximum Gasteiger partial charge on any atom is 0.319 e. The van der Waals surface area contributed by atoms with Crippen LogP contribution in [0.1, 0.15) is 49.3 Å². The van der Waals surface area contributed by atoms with E-state index in [9.17, 15) is 4.79 Å². The van der Waals surface area contributed by atoms with Crippen molar-refractivity contribution >= 4 is 17.6 Å². The number of furan rings is 1. The van der Waals surface area contributed by atoms with Gasteiger partial charge in [-0.25, -0.2) is 0 Å². The van der Waals surface area contributed by atoms with Crippen molar-refractivity contribution in [3.05, 3.63) is 100 Å². The number of benzene rings is 2. The number of carbonyl (C=O) groups excluding carboxylic acids is 1. The molecule has 2 aromatic carbocycles. The average molecular weight is 423 g/mol. The van der Waals surface area contributed by atoms with E-state index in [4.69, 9.17) is 20.8 Å². The summed E-state index contributed by atoms with van der Waals surface area (Å²) in [6, 6.07) is 19.3. The van der Waals surface area contributed by atoms with Crippen molar-refractivity contribution in [3.63, 3.8) is 0 Å². The first-order valence-electron chi connectivity index (χ1n) is 10.2. The fourth-order valence-electron chi connectivity index (χ4n) is 3.44. The molecule has 0 aliphatic rings. The Hall–Kier alpha value is -2.78. The smallest absolute Gasteiger partial charge is 0.319 e. The minimum absolute atomic E-state index is 0.0772. The van der Waals surface area contributed by atoms with E-state index < -0.39 is 0 Å². The molecule has 4 heteroatoms. The van der Waals surface area contributed by atoms with Gasteiger partial charge in [-0.2, -0.15) is 0 Å². The first-order chi connectivity index (χ1) is 14.5. The van der Waals surface area contributed by atoms with Crippen LogP contribution in [0.15, 0.2) is 77.2 Å². The van der Waals surface area contributed by atoms with Gasteiger partial charge in [0.25, 0.3) is 0 Å². The van der Waals surface area contributed by atoms with Crippen LogP contribution in [0.2, 0.25) is 5.02 Å². The van der Waals surface area contributed by atoms with Gasteiger partial charge in [0.05, 0.1) is 5.92 Å². The van der Waals surface area contributed by atoms with Crippen LogP contribution in [-0.4, -0.2) is 5.97 Å². The molecule has 0 fully saturated rings. The zero-order valence-corrected chi connectivity index (χ0v) is 18.4. The van der Waals surface area contributed by atoms with Crippen LogP contribution in [0.4, 0.5) is 0 Å². The third-order valence-corrected chi connectivity index (χ3v) is 5.19. The van der Waals surface area contributed by atoms with Crippen LogP contribution >= 0.6 is 11.6 Å². The lowest BCUT2D eigenvalue weighted by Gasteiger charge is -2.19. The number of hydrogen-bond acceptors (Lipinski definition) is 3. The third kappa shape index (κ3) is 5.64. The fourth-order valence-corrected chi connectivity index (χ4v) is 3.56. The second-order valence-electron chi connectivity index (χ2n) is 7.63. The lowest BCUT2D eigenvalue weighted by atomic mass is 9.88. The maximum atomic E-state index is 13.1. The Bertz CT molecular complexity index is 985. The van der Waals surface area contributed by atoms with E-state index in [0.29, 0.717) is 29.4 Å². The molecule has 0 N–H and O–H groups in total. The van der Waals surface area contributed by atoms with Gasteiger partial charge >= 0.3 is 5.97 Å². The van der Waals surface area contributed by atoms with E-state index in [2.05, 4.69) is 12.1 Å². The minimum Gasteiger partial charge on any atom is -0.461 e. The molecule has 0 bridgehead atoms. The van der Waals surface area contributed by atoms with Crippen LogP contribution in [0.3, 0.4) is 0 Å². The van der Waals surface area contributed by atoms with E-state index in [0.717, 1.165) is 16.9 Å². The van der Waals surface area contributed by atoms with Crippen molar-refractivity contribution in [2.45, 2.75) is 39.5 Å². The first-order valence-corrected chi connectivity index (χ1v) is 10.6. The molecule has 0 radical (unpaired) electrons. The van der Waals surface area contributed by atoms with E-state index in [1.54, 1.807) is 12.1 Å². The van der Waals surface area contributed by atoms with Crippen LogP contribution in [0.25, 0.3) is 0 Å². The summed E-state index contributed by atoms with van der Waals surface area (Å²) in [4.78, 5) is 13.1. The summed E-state index contributed by atoms with van der Waals surface area (Å²) >= 11 is 6.01. The lowest BCUT2D eigenvalue weighted by Crippen LogP contribution is -2.23. The third-order valence-electron chi connectivity index (χ3n) is 4.94. The molecule has 3 nitrogen and oxygen atoms in total. The first kappa shape index (κ1) is 21.9. The van der Waals surface area contributed by atoms with Gasteiger partial charge in [0.2, 0.25) is 0 Å². The number of halogens is 1. The van der Waals surface area contributed by atoms with Crippen molar-refractivity contribution in [3.8, 4) is 5.75 Å². The molecule has 1 unspecified atom stereocenters. The molecule has 0 saturated carbocycles. The summed E-state index contributed by atoms with van der Waals surface area (Å²) in [5.74, 6) is 1.32. The molecular formula is C26H27ClO3.